The monoisotopic (exact) mass is 497 g/mol. The predicted octanol–water partition coefficient (Wildman–Crippen LogP) is 2.02. The fourth-order valence-corrected chi connectivity index (χ4v) is 3.87. The number of rotatable bonds is 9. The van der Waals surface area contributed by atoms with Crippen LogP contribution in [0.2, 0.25) is 0 Å². The molecule has 0 aliphatic rings. The third-order valence-electron chi connectivity index (χ3n) is 5.68. The normalized spacial score (nSPS) is 12.4. The predicted molar refractivity (Wildman–Crippen MR) is 132 cm³/mol. The summed E-state index contributed by atoms with van der Waals surface area (Å²) in [5.74, 6) is -1.72. The topological polar surface area (TPSA) is 184 Å². The number of aliphatic hydroxyl groups excluding tert-OH is 1. The van der Waals surface area contributed by atoms with E-state index in [9.17, 15) is 30.0 Å². The number of phenols is 2. The lowest BCUT2D eigenvalue weighted by Crippen LogP contribution is -2.44. The first-order chi connectivity index (χ1) is 16.9. The highest BCUT2D eigenvalue weighted by atomic mass is 16.5. The van der Waals surface area contributed by atoms with Crippen molar-refractivity contribution in [3.63, 3.8) is 0 Å². The van der Waals surface area contributed by atoms with Crippen LogP contribution in [0.1, 0.15) is 66.6 Å². The Morgan fingerprint density at radius 1 is 1.00 bits per heavy atom. The Kier molecular flexibility index (Phi) is 7.96. The van der Waals surface area contributed by atoms with Gasteiger partial charge in [0, 0.05) is 17.3 Å². The lowest BCUT2D eigenvalue weighted by Gasteiger charge is -2.22. The molecule has 0 aliphatic carbocycles. The highest BCUT2D eigenvalue weighted by Crippen LogP contribution is 2.38. The van der Waals surface area contributed by atoms with Gasteiger partial charge in [-0.2, -0.15) is 0 Å². The van der Waals surface area contributed by atoms with Crippen LogP contribution in [0.3, 0.4) is 0 Å². The second-order valence-electron chi connectivity index (χ2n) is 9.30. The van der Waals surface area contributed by atoms with Crippen molar-refractivity contribution in [3.8, 4) is 28.6 Å². The van der Waals surface area contributed by atoms with Gasteiger partial charge in [-0.3, -0.25) is 14.2 Å². The molecule has 0 radical (unpaired) electrons. The summed E-state index contributed by atoms with van der Waals surface area (Å²) in [4.78, 5) is 24.8. The van der Waals surface area contributed by atoms with E-state index in [0.717, 1.165) is 0 Å². The Hall–Kier alpha value is -3.96. The summed E-state index contributed by atoms with van der Waals surface area (Å²) in [7, 11) is 0. The summed E-state index contributed by atoms with van der Waals surface area (Å²) in [5.41, 5.74) is 6.94. The molecule has 0 aliphatic heterocycles. The molecule has 1 aromatic heterocycles. The molecule has 1 atom stereocenters. The molecule has 192 valence electrons. The first-order valence-corrected chi connectivity index (χ1v) is 11.5. The maximum atomic E-state index is 12.7. The summed E-state index contributed by atoms with van der Waals surface area (Å²) in [5, 5.41) is 50.4. The van der Waals surface area contributed by atoms with Crippen LogP contribution in [-0.2, 0) is 0 Å². The van der Waals surface area contributed by atoms with E-state index in [1.165, 1.54) is 22.8 Å². The largest absolute Gasteiger partial charge is 0.508 e. The van der Waals surface area contributed by atoms with Crippen LogP contribution in [0, 0.1) is 5.92 Å². The van der Waals surface area contributed by atoms with Crippen molar-refractivity contribution in [2.45, 2.75) is 52.4 Å². The minimum atomic E-state index is -1.71. The number of nitrogens with one attached hydrogen (secondary N) is 1. The second-order valence-corrected chi connectivity index (χ2v) is 9.30. The number of carbonyl (C=O) groups is 2. The van der Waals surface area contributed by atoms with Gasteiger partial charge in [0.2, 0.25) is 5.82 Å². The summed E-state index contributed by atoms with van der Waals surface area (Å²) in [6, 6.07) is 8.00. The van der Waals surface area contributed by atoms with E-state index >= 15 is 0 Å². The number of hydrogen-bond acceptors (Lipinski definition) is 8. The fraction of sp³-hybridized carbons (Fsp3) is 0.360. The number of carbonyl (C=O) groups excluding carboxylic acids is 2. The number of aromatic nitrogens is 3. The van der Waals surface area contributed by atoms with Crippen LogP contribution < -0.4 is 11.1 Å². The molecule has 0 spiro atoms. The van der Waals surface area contributed by atoms with Crippen LogP contribution in [-0.4, -0.2) is 59.3 Å². The van der Waals surface area contributed by atoms with E-state index in [1.54, 1.807) is 18.2 Å². The molecule has 2 aromatic carbocycles. The Labute approximate surface area is 208 Å². The Balaban J connectivity index is 2.02. The van der Waals surface area contributed by atoms with Crippen LogP contribution in [0.25, 0.3) is 17.1 Å². The van der Waals surface area contributed by atoms with Crippen molar-refractivity contribution < 1.29 is 30.0 Å². The lowest BCUT2D eigenvalue weighted by molar-refractivity contribution is -0.0690. The van der Waals surface area contributed by atoms with Crippen molar-refractivity contribution >= 4 is 11.8 Å². The average molecular weight is 498 g/mol. The standard InChI is InChI=1S/C25H31N5O6/c1-12(2)9-18(25(35)36)27-24(34)14-5-7-15(8-6-14)30-22(28-29-23(30)21(26)33)17-10-16(13(3)4)19(31)11-20(17)32/h5-8,10-13,18,25,31-32,35-36H,9H2,1-4H3,(H2,26,33)(H,27,34)/t18-/m0/s1. The number of hydrogen-bond donors (Lipinski definition) is 6. The maximum Gasteiger partial charge on any atom is 0.287 e. The van der Waals surface area contributed by atoms with Gasteiger partial charge >= 0.3 is 0 Å². The highest BCUT2D eigenvalue weighted by Gasteiger charge is 2.24. The average Bonchev–Trinajstić information content (AvgIpc) is 3.23. The molecule has 0 fully saturated rings. The number of amides is 2. The molecule has 3 aromatic rings. The highest BCUT2D eigenvalue weighted by molar-refractivity contribution is 5.95. The van der Waals surface area contributed by atoms with Crippen LogP contribution in [0.5, 0.6) is 11.5 Å². The maximum absolute atomic E-state index is 12.7. The third kappa shape index (κ3) is 5.64. The minimum absolute atomic E-state index is 0.0638. The van der Waals surface area contributed by atoms with E-state index in [0.29, 0.717) is 17.7 Å². The molecule has 11 nitrogen and oxygen atoms in total. The second kappa shape index (κ2) is 10.8. The van der Waals surface area contributed by atoms with Gasteiger partial charge < -0.3 is 31.5 Å². The molecule has 1 heterocycles. The molecule has 36 heavy (non-hydrogen) atoms. The number of primary amides is 1. The van der Waals surface area contributed by atoms with Gasteiger partial charge in [0.05, 0.1) is 11.6 Å². The molecule has 7 N–H and O–H groups in total. The third-order valence-corrected chi connectivity index (χ3v) is 5.68. The summed E-state index contributed by atoms with van der Waals surface area (Å²) in [6.45, 7) is 7.56. The van der Waals surface area contributed by atoms with Crippen molar-refractivity contribution in [3.05, 3.63) is 53.3 Å². The van der Waals surface area contributed by atoms with Crippen LogP contribution in [0.15, 0.2) is 36.4 Å². The van der Waals surface area contributed by atoms with Crippen LogP contribution in [0.4, 0.5) is 0 Å². The number of aromatic hydroxyl groups is 2. The number of aliphatic hydroxyl groups is 2. The molecule has 3 rings (SSSR count). The molecule has 0 unspecified atom stereocenters. The van der Waals surface area contributed by atoms with Gasteiger partial charge in [-0.1, -0.05) is 27.7 Å². The first kappa shape index (κ1) is 26.6. The van der Waals surface area contributed by atoms with Crippen molar-refractivity contribution in [2.24, 2.45) is 11.7 Å². The van der Waals surface area contributed by atoms with Crippen molar-refractivity contribution in [1.82, 2.24) is 20.1 Å². The van der Waals surface area contributed by atoms with Gasteiger partial charge in [0.15, 0.2) is 12.1 Å². The zero-order chi connectivity index (χ0) is 26.7. The molecule has 2 amide bonds. The van der Waals surface area contributed by atoms with E-state index in [2.05, 4.69) is 15.5 Å². The lowest BCUT2D eigenvalue weighted by atomic mass is 9.98. The molecule has 0 saturated heterocycles. The molecular formula is C25H31N5O6. The Morgan fingerprint density at radius 3 is 2.17 bits per heavy atom. The van der Waals surface area contributed by atoms with E-state index in [-0.39, 0.29) is 46.1 Å². The summed E-state index contributed by atoms with van der Waals surface area (Å²) < 4.78 is 1.35. The van der Waals surface area contributed by atoms with Gasteiger partial charge in [-0.15, -0.1) is 10.2 Å². The molecule has 0 bridgehead atoms. The summed E-state index contributed by atoms with van der Waals surface area (Å²) >= 11 is 0. The van der Waals surface area contributed by atoms with E-state index < -0.39 is 24.1 Å². The Bertz CT molecular complexity index is 1250. The first-order valence-electron chi connectivity index (χ1n) is 11.5. The molecular weight excluding hydrogens is 466 g/mol. The SMILES string of the molecule is CC(C)C[C@H](NC(=O)c1ccc(-n2c(C(N)=O)nnc2-c2cc(C(C)C)c(O)cc2O)cc1)C(O)O. The zero-order valence-electron chi connectivity index (χ0n) is 20.5. The van der Waals surface area contributed by atoms with Gasteiger partial charge in [0.1, 0.15) is 11.5 Å². The van der Waals surface area contributed by atoms with Gasteiger partial charge in [0.25, 0.3) is 11.8 Å². The molecule has 0 saturated carbocycles. The van der Waals surface area contributed by atoms with E-state index in [1.807, 2.05) is 27.7 Å². The van der Waals surface area contributed by atoms with Crippen molar-refractivity contribution in [2.75, 3.05) is 0 Å². The molecule has 11 heteroatoms. The number of nitrogens with two attached hydrogens (primary N) is 1. The van der Waals surface area contributed by atoms with Crippen molar-refractivity contribution in [1.29, 1.82) is 0 Å². The number of benzene rings is 2. The smallest absolute Gasteiger partial charge is 0.287 e. The Morgan fingerprint density at radius 2 is 1.64 bits per heavy atom. The minimum Gasteiger partial charge on any atom is -0.508 e. The summed E-state index contributed by atoms with van der Waals surface area (Å²) in [6.07, 6.45) is -1.33. The van der Waals surface area contributed by atoms with E-state index in [4.69, 9.17) is 5.73 Å². The zero-order valence-corrected chi connectivity index (χ0v) is 20.5. The van der Waals surface area contributed by atoms with Crippen LogP contribution >= 0.6 is 0 Å². The number of phenolic OH excluding ortho intramolecular Hbond substituents is 2. The fourth-order valence-electron chi connectivity index (χ4n) is 3.87. The number of nitrogens with zero attached hydrogens (tertiary/aromatic N) is 3. The van der Waals surface area contributed by atoms with Gasteiger partial charge in [-0.05, 0) is 54.2 Å². The quantitative estimate of drug-likeness (QED) is 0.243. The van der Waals surface area contributed by atoms with Gasteiger partial charge in [-0.25, -0.2) is 0 Å².